The maximum absolute atomic E-state index is 13.1. The summed E-state index contributed by atoms with van der Waals surface area (Å²) < 4.78 is 12.9. The average molecular weight is 529 g/mol. The van der Waals surface area contributed by atoms with Crippen LogP contribution in [0, 0.1) is 6.92 Å². The first-order valence-corrected chi connectivity index (χ1v) is 13.6. The van der Waals surface area contributed by atoms with Crippen molar-refractivity contribution in [2.75, 3.05) is 38.7 Å². The molecule has 4 aromatic rings. The first-order valence-electron chi connectivity index (χ1n) is 12.6. The van der Waals surface area contributed by atoms with E-state index in [1.165, 1.54) is 22.9 Å². The van der Waals surface area contributed by atoms with E-state index in [0.29, 0.717) is 24.0 Å². The van der Waals surface area contributed by atoms with E-state index in [1.807, 2.05) is 33.7 Å². The van der Waals surface area contributed by atoms with Crippen LogP contribution in [0.2, 0.25) is 0 Å². The third-order valence-corrected chi connectivity index (χ3v) is 7.67. The van der Waals surface area contributed by atoms with Crippen molar-refractivity contribution in [3.63, 3.8) is 0 Å². The number of amides is 1. The molecule has 1 amide bonds. The number of hydrogen-bond donors (Lipinski definition) is 0. The lowest BCUT2D eigenvalue weighted by atomic mass is 10.1. The first-order chi connectivity index (χ1) is 18.6. The van der Waals surface area contributed by atoms with Gasteiger partial charge in [0.25, 0.3) is 0 Å². The second-order valence-corrected chi connectivity index (χ2v) is 10.3. The molecule has 2 aliphatic heterocycles. The van der Waals surface area contributed by atoms with Gasteiger partial charge in [-0.1, -0.05) is 35.5 Å². The van der Waals surface area contributed by atoms with Crippen LogP contribution < -0.4 is 9.47 Å². The summed E-state index contributed by atoms with van der Waals surface area (Å²) in [7, 11) is 0. The summed E-state index contributed by atoms with van der Waals surface area (Å²) >= 11 is 1.42. The highest BCUT2D eigenvalue weighted by atomic mass is 32.2. The quantitative estimate of drug-likeness (QED) is 0.335. The van der Waals surface area contributed by atoms with Crippen LogP contribution in [0.5, 0.6) is 11.5 Å². The van der Waals surface area contributed by atoms with E-state index in [1.54, 1.807) is 12.4 Å². The molecule has 194 valence electrons. The molecule has 0 aliphatic carbocycles. The Morgan fingerprint density at radius 1 is 0.921 bits per heavy atom. The Kier molecular flexibility index (Phi) is 6.98. The van der Waals surface area contributed by atoms with Gasteiger partial charge in [0.1, 0.15) is 0 Å². The van der Waals surface area contributed by atoms with E-state index in [4.69, 9.17) is 9.47 Å². The van der Waals surface area contributed by atoms with E-state index < -0.39 is 0 Å². The normalized spacial score (nSPS) is 15.1. The summed E-state index contributed by atoms with van der Waals surface area (Å²) in [6, 6.07) is 18.1. The number of fused-ring (bicyclic) bond motifs is 1. The Labute approximate surface area is 225 Å². The van der Waals surface area contributed by atoms with Gasteiger partial charge in [0.05, 0.1) is 5.75 Å². The van der Waals surface area contributed by atoms with Crippen molar-refractivity contribution < 1.29 is 14.3 Å². The highest BCUT2D eigenvalue weighted by Gasteiger charge is 2.24. The van der Waals surface area contributed by atoms with E-state index in [9.17, 15) is 4.79 Å². The molecule has 10 heteroatoms. The minimum absolute atomic E-state index is 0.113. The molecule has 0 unspecified atom stereocenters. The molecule has 0 radical (unpaired) electrons. The van der Waals surface area contributed by atoms with Crippen molar-refractivity contribution in [2.24, 2.45) is 0 Å². The van der Waals surface area contributed by atoms with E-state index in [-0.39, 0.29) is 12.7 Å². The summed E-state index contributed by atoms with van der Waals surface area (Å²) in [5.74, 6) is 2.75. The largest absolute Gasteiger partial charge is 0.454 e. The van der Waals surface area contributed by atoms with Crippen LogP contribution in [-0.2, 0) is 11.3 Å². The second kappa shape index (κ2) is 10.8. The molecule has 2 aromatic heterocycles. The van der Waals surface area contributed by atoms with Gasteiger partial charge in [-0.2, -0.15) is 0 Å². The van der Waals surface area contributed by atoms with Gasteiger partial charge in [-0.15, -0.1) is 10.2 Å². The SMILES string of the molecule is Cc1ccc(-n2c(SCC(=O)N3CCN(Cc4ccc5c(c4)OCO5)CC3)nnc2-c2ccncc2)cc1. The van der Waals surface area contributed by atoms with Gasteiger partial charge in [-0.3, -0.25) is 19.2 Å². The fourth-order valence-electron chi connectivity index (χ4n) is 4.65. The third kappa shape index (κ3) is 5.23. The van der Waals surface area contributed by atoms with Crippen LogP contribution in [0.25, 0.3) is 17.1 Å². The lowest BCUT2D eigenvalue weighted by molar-refractivity contribution is -0.130. The number of carbonyl (C=O) groups is 1. The Bertz CT molecular complexity index is 1420. The molecule has 0 bridgehead atoms. The van der Waals surface area contributed by atoms with E-state index >= 15 is 0 Å². The van der Waals surface area contributed by atoms with Gasteiger partial charge in [0.15, 0.2) is 22.5 Å². The lowest BCUT2D eigenvalue weighted by Crippen LogP contribution is -2.48. The predicted octanol–water partition coefficient (Wildman–Crippen LogP) is 3.80. The van der Waals surface area contributed by atoms with Crippen molar-refractivity contribution in [3.8, 4) is 28.6 Å². The molecule has 2 aliphatic rings. The number of aryl methyl sites for hydroxylation is 1. The molecule has 0 spiro atoms. The topological polar surface area (TPSA) is 85.6 Å². The standard InChI is InChI=1S/C28H28N6O3S/c1-20-2-5-23(6-3-20)34-27(22-8-10-29-11-9-22)30-31-28(34)38-18-26(35)33-14-12-32(13-15-33)17-21-4-7-24-25(16-21)37-19-36-24/h2-11,16H,12-15,17-19H2,1H3. The number of carbonyl (C=O) groups excluding carboxylic acids is 1. The van der Waals surface area contributed by atoms with Gasteiger partial charge >= 0.3 is 0 Å². The van der Waals surface area contributed by atoms with Gasteiger partial charge < -0.3 is 14.4 Å². The van der Waals surface area contributed by atoms with Crippen LogP contribution in [0.4, 0.5) is 0 Å². The van der Waals surface area contributed by atoms with Gasteiger partial charge in [-0.05, 0) is 48.9 Å². The van der Waals surface area contributed by atoms with Crippen molar-refractivity contribution in [1.29, 1.82) is 0 Å². The molecule has 2 aromatic carbocycles. The van der Waals surface area contributed by atoms with Crippen LogP contribution in [-0.4, -0.2) is 74.2 Å². The molecule has 6 rings (SSSR count). The van der Waals surface area contributed by atoms with Crippen molar-refractivity contribution in [3.05, 3.63) is 78.1 Å². The Morgan fingerprint density at radius 3 is 2.47 bits per heavy atom. The second-order valence-electron chi connectivity index (χ2n) is 9.35. The van der Waals surface area contributed by atoms with Crippen molar-refractivity contribution in [2.45, 2.75) is 18.6 Å². The fraction of sp³-hybridized carbons (Fsp3) is 0.286. The Balaban J connectivity index is 1.09. The predicted molar refractivity (Wildman–Crippen MR) is 144 cm³/mol. The number of aromatic nitrogens is 4. The summed E-state index contributed by atoms with van der Waals surface area (Å²) in [5, 5.41) is 9.60. The number of thioether (sulfide) groups is 1. The number of pyridine rings is 1. The highest BCUT2D eigenvalue weighted by molar-refractivity contribution is 7.99. The Morgan fingerprint density at radius 2 is 1.68 bits per heavy atom. The van der Waals surface area contributed by atoms with E-state index in [2.05, 4.69) is 57.3 Å². The van der Waals surface area contributed by atoms with Gasteiger partial charge in [0, 0.05) is 56.4 Å². The monoisotopic (exact) mass is 528 g/mol. The summed E-state index contributed by atoms with van der Waals surface area (Å²) in [5.41, 5.74) is 4.24. The molecule has 0 saturated carbocycles. The number of rotatable bonds is 7. The van der Waals surface area contributed by atoms with Crippen LogP contribution >= 0.6 is 11.8 Å². The number of benzene rings is 2. The zero-order chi connectivity index (χ0) is 25.9. The molecule has 0 atom stereocenters. The van der Waals surface area contributed by atoms with Crippen molar-refractivity contribution >= 4 is 17.7 Å². The Hall–Kier alpha value is -3.89. The maximum Gasteiger partial charge on any atom is 0.233 e. The molecule has 0 N–H and O–H groups in total. The molecule has 1 saturated heterocycles. The van der Waals surface area contributed by atoms with Gasteiger partial charge in [-0.25, -0.2) is 0 Å². The molecule has 38 heavy (non-hydrogen) atoms. The summed E-state index contributed by atoms with van der Waals surface area (Å²) in [6.07, 6.45) is 3.48. The fourth-order valence-corrected chi connectivity index (χ4v) is 5.50. The molecular weight excluding hydrogens is 500 g/mol. The molecule has 4 heterocycles. The average Bonchev–Trinajstić information content (AvgIpc) is 3.60. The van der Waals surface area contributed by atoms with Crippen LogP contribution in [0.15, 0.2) is 72.1 Å². The minimum Gasteiger partial charge on any atom is -0.454 e. The molecule has 9 nitrogen and oxygen atoms in total. The summed E-state index contributed by atoms with van der Waals surface area (Å²) in [4.78, 5) is 21.6. The minimum atomic E-state index is 0.113. The summed E-state index contributed by atoms with van der Waals surface area (Å²) in [6.45, 7) is 6.23. The zero-order valence-corrected chi connectivity index (χ0v) is 21.9. The smallest absolute Gasteiger partial charge is 0.233 e. The van der Waals surface area contributed by atoms with Crippen molar-refractivity contribution in [1.82, 2.24) is 29.5 Å². The maximum atomic E-state index is 13.1. The number of ether oxygens (including phenoxy) is 2. The number of piperazine rings is 1. The molecule has 1 fully saturated rings. The van der Waals surface area contributed by atoms with Crippen LogP contribution in [0.1, 0.15) is 11.1 Å². The first kappa shape index (κ1) is 24.4. The molecular formula is C28H28N6O3S. The number of hydrogen-bond acceptors (Lipinski definition) is 8. The van der Waals surface area contributed by atoms with E-state index in [0.717, 1.165) is 48.2 Å². The van der Waals surface area contributed by atoms with Crippen LogP contribution in [0.3, 0.4) is 0 Å². The van der Waals surface area contributed by atoms with Gasteiger partial charge in [0.2, 0.25) is 12.7 Å². The lowest BCUT2D eigenvalue weighted by Gasteiger charge is -2.34. The third-order valence-electron chi connectivity index (χ3n) is 6.76. The highest BCUT2D eigenvalue weighted by Crippen LogP contribution is 2.33. The number of nitrogens with zero attached hydrogens (tertiary/aromatic N) is 6. The zero-order valence-electron chi connectivity index (χ0n) is 21.1.